The minimum absolute atomic E-state index is 0.0220. The molecule has 1 aliphatic heterocycles. The van der Waals surface area contributed by atoms with Gasteiger partial charge in [0.05, 0.1) is 5.92 Å². The van der Waals surface area contributed by atoms with E-state index in [4.69, 9.17) is 0 Å². The van der Waals surface area contributed by atoms with Crippen molar-refractivity contribution in [2.75, 3.05) is 11.4 Å². The van der Waals surface area contributed by atoms with E-state index in [1.165, 1.54) is 11.1 Å². The summed E-state index contributed by atoms with van der Waals surface area (Å²) in [6.07, 6.45) is 4.54. The number of benzene rings is 2. The lowest BCUT2D eigenvalue weighted by Crippen LogP contribution is -2.45. The number of hydrogen-bond acceptors (Lipinski definition) is 2. The average Bonchev–Trinajstić information content (AvgIpc) is 3.16. The van der Waals surface area contributed by atoms with E-state index in [1.807, 2.05) is 41.3 Å². The Morgan fingerprint density at radius 2 is 1.71 bits per heavy atom. The summed E-state index contributed by atoms with van der Waals surface area (Å²) in [5, 5.41) is 3.09. The lowest BCUT2D eigenvalue weighted by Gasteiger charge is -2.32. The number of carbonyl (C=O) groups excluding carboxylic acids is 2. The van der Waals surface area contributed by atoms with Crippen molar-refractivity contribution in [3.05, 3.63) is 65.2 Å². The fourth-order valence-electron chi connectivity index (χ4n) is 4.63. The van der Waals surface area contributed by atoms with Crippen LogP contribution in [0, 0.1) is 18.8 Å². The summed E-state index contributed by atoms with van der Waals surface area (Å²) in [5.74, 6) is -0.288. The molecule has 28 heavy (non-hydrogen) atoms. The van der Waals surface area contributed by atoms with Gasteiger partial charge in [-0.2, -0.15) is 0 Å². The zero-order valence-electron chi connectivity index (χ0n) is 16.5. The third kappa shape index (κ3) is 3.68. The van der Waals surface area contributed by atoms with Crippen LogP contribution in [0.3, 0.4) is 0 Å². The van der Waals surface area contributed by atoms with E-state index in [2.05, 4.69) is 24.4 Å². The summed E-state index contributed by atoms with van der Waals surface area (Å²) in [7, 11) is 0. The number of nitrogens with one attached hydrogen (secondary N) is 1. The van der Waals surface area contributed by atoms with Gasteiger partial charge in [-0.1, -0.05) is 55.3 Å². The summed E-state index contributed by atoms with van der Waals surface area (Å²) >= 11 is 0. The number of amides is 2. The van der Waals surface area contributed by atoms with Crippen LogP contribution in [0.5, 0.6) is 0 Å². The molecule has 0 saturated heterocycles. The van der Waals surface area contributed by atoms with E-state index in [-0.39, 0.29) is 23.7 Å². The number of fused-ring (bicyclic) bond motifs is 1. The molecule has 4 heteroatoms. The van der Waals surface area contributed by atoms with E-state index in [0.717, 1.165) is 49.9 Å². The van der Waals surface area contributed by atoms with Gasteiger partial charge in [0, 0.05) is 24.7 Å². The van der Waals surface area contributed by atoms with Crippen molar-refractivity contribution in [2.45, 2.75) is 45.6 Å². The molecule has 146 valence electrons. The Balaban J connectivity index is 1.46. The first-order valence-electron chi connectivity index (χ1n) is 10.4. The standard InChI is InChI=1S/C24H28N2O2/c1-17-8-2-3-10-19(17)16-25-23(27)20-11-5-6-12-21(20)24(28)26-15-14-18-9-4-7-13-22(18)26/h2-4,7-10,13,20-21H,5-6,11-12,14-16H2,1H3,(H,25,27). The molecule has 1 fully saturated rings. The molecule has 4 rings (SSSR count). The lowest BCUT2D eigenvalue weighted by molar-refractivity contribution is -0.135. The second-order valence-electron chi connectivity index (χ2n) is 8.01. The summed E-state index contributed by atoms with van der Waals surface area (Å²) < 4.78 is 0. The van der Waals surface area contributed by atoms with E-state index >= 15 is 0 Å². The first-order chi connectivity index (χ1) is 13.6. The highest BCUT2D eigenvalue weighted by Gasteiger charge is 2.39. The summed E-state index contributed by atoms with van der Waals surface area (Å²) in [5.41, 5.74) is 4.56. The third-order valence-corrected chi connectivity index (χ3v) is 6.29. The molecule has 1 saturated carbocycles. The Hall–Kier alpha value is -2.62. The van der Waals surface area contributed by atoms with Crippen molar-refractivity contribution >= 4 is 17.5 Å². The van der Waals surface area contributed by atoms with Gasteiger partial charge in [0.2, 0.25) is 11.8 Å². The van der Waals surface area contributed by atoms with Crippen molar-refractivity contribution < 1.29 is 9.59 Å². The van der Waals surface area contributed by atoms with Crippen molar-refractivity contribution in [3.63, 3.8) is 0 Å². The number of para-hydroxylation sites is 1. The van der Waals surface area contributed by atoms with Crippen LogP contribution >= 0.6 is 0 Å². The molecule has 2 unspecified atom stereocenters. The zero-order valence-corrected chi connectivity index (χ0v) is 16.5. The molecule has 4 nitrogen and oxygen atoms in total. The highest BCUT2D eigenvalue weighted by Crippen LogP contribution is 2.36. The Kier molecular flexibility index (Phi) is 5.47. The van der Waals surface area contributed by atoms with Gasteiger partial charge < -0.3 is 10.2 Å². The van der Waals surface area contributed by atoms with Gasteiger partial charge in [-0.05, 0) is 48.9 Å². The van der Waals surface area contributed by atoms with Crippen molar-refractivity contribution in [2.24, 2.45) is 11.8 Å². The average molecular weight is 377 g/mol. The fraction of sp³-hybridized carbons (Fsp3) is 0.417. The van der Waals surface area contributed by atoms with Crippen molar-refractivity contribution in [3.8, 4) is 0 Å². The number of nitrogens with zero attached hydrogens (tertiary/aromatic N) is 1. The number of anilines is 1. The number of aryl methyl sites for hydroxylation is 1. The van der Waals surface area contributed by atoms with Gasteiger partial charge in [0.25, 0.3) is 0 Å². The second kappa shape index (κ2) is 8.17. The van der Waals surface area contributed by atoms with Gasteiger partial charge >= 0.3 is 0 Å². The summed E-state index contributed by atoms with van der Waals surface area (Å²) in [4.78, 5) is 28.2. The minimum atomic E-state index is -0.224. The predicted molar refractivity (Wildman–Crippen MR) is 111 cm³/mol. The molecular formula is C24H28N2O2. The molecule has 2 amide bonds. The topological polar surface area (TPSA) is 49.4 Å². The van der Waals surface area contributed by atoms with Gasteiger partial charge in [-0.3, -0.25) is 9.59 Å². The smallest absolute Gasteiger partial charge is 0.230 e. The van der Waals surface area contributed by atoms with Crippen LogP contribution in [0.15, 0.2) is 48.5 Å². The van der Waals surface area contributed by atoms with Crippen LogP contribution in [0.25, 0.3) is 0 Å². The van der Waals surface area contributed by atoms with Gasteiger partial charge in [0.15, 0.2) is 0 Å². The molecule has 0 aromatic heterocycles. The van der Waals surface area contributed by atoms with Crippen molar-refractivity contribution in [1.82, 2.24) is 5.32 Å². The Labute approximate surface area is 166 Å². The van der Waals surface area contributed by atoms with Crippen molar-refractivity contribution in [1.29, 1.82) is 0 Å². The maximum atomic E-state index is 13.4. The zero-order chi connectivity index (χ0) is 19.5. The first kappa shape index (κ1) is 18.7. The molecule has 2 atom stereocenters. The maximum absolute atomic E-state index is 13.4. The maximum Gasteiger partial charge on any atom is 0.230 e. The lowest BCUT2D eigenvalue weighted by atomic mass is 9.77. The summed E-state index contributed by atoms with van der Waals surface area (Å²) in [6, 6.07) is 16.2. The number of hydrogen-bond donors (Lipinski definition) is 1. The van der Waals surface area contributed by atoms with Crippen LogP contribution < -0.4 is 10.2 Å². The molecule has 2 aliphatic rings. The van der Waals surface area contributed by atoms with Crippen LogP contribution in [0.4, 0.5) is 5.69 Å². The highest BCUT2D eigenvalue weighted by molar-refractivity contribution is 5.99. The monoisotopic (exact) mass is 376 g/mol. The molecule has 0 bridgehead atoms. The number of rotatable bonds is 4. The van der Waals surface area contributed by atoms with E-state index in [1.54, 1.807) is 0 Å². The molecule has 2 aromatic rings. The van der Waals surface area contributed by atoms with E-state index in [9.17, 15) is 9.59 Å². The van der Waals surface area contributed by atoms with Crippen LogP contribution in [-0.2, 0) is 22.6 Å². The largest absolute Gasteiger partial charge is 0.352 e. The Morgan fingerprint density at radius 1 is 1.00 bits per heavy atom. The fourth-order valence-corrected chi connectivity index (χ4v) is 4.63. The normalized spacial score (nSPS) is 21.2. The molecular weight excluding hydrogens is 348 g/mol. The summed E-state index contributed by atoms with van der Waals surface area (Å²) in [6.45, 7) is 3.31. The quantitative estimate of drug-likeness (QED) is 0.877. The molecule has 0 spiro atoms. The van der Waals surface area contributed by atoms with Crippen LogP contribution in [0.1, 0.15) is 42.4 Å². The molecule has 1 N–H and O–H groups in total. The van der Waals surface area contributed by atoms with Crippen LogP contribution in [0.2, 0.25) is 0 Å². The molecule has 1 aliphatic carbocycles. The second-order valence-corrected chi connectivity index (χ2v) is 8.01. The van der Waals surface area contributed by atoms with Gasteiger partial charge in [0.1, 0.15) is 0 Å². The Morgan fingerprint density at radius 3 is 2.54 bits per heavy atom. The molecule has 0 radical (unpaired) electrons. The van der Waals surface area contributed by atoms with Gasteiger partial charge in [-0.25, -0.2) is 0 Å². The number of carbonyl (C=O) groups is 2. The van der Waals surface area contributed by atoms with E-state index in [0.29, 0.717) is 6.54 Å². The molecule has 2 aromatic carbocycles. The first-order valence-corrected chi connectivity index (χ1v) is 10.4. The Bertz CT molecular complexity index is 876. The third-order valence-electron chi connectivity index (χ3n) is 6.29. The molecule has 1 heterocycles. The SMILES string of the molecule is Cc1ccccc1CNC(=O)C1CCCCC1C(=O)N1CCc2ccccc21. The van der Waals surface area contributed by atoms with E-state index < -0.39 is 0 Å². The minimum Gasteiger partial charge on any atom is -0.352 e. The van der Waals surface area contributed by atoms with Gasteiger partial charge in [-0.15, -0.1) is 0 Å². The van der Waals surface area contributed by atoms with Crippen LogP contribution in [-0.4, -0.2) is 18.4 Å². The predicted octanol–water partition coefficient (Wildman–Crippen LogP) is 4.01. The highest BCUT2D eigenvalue weighted by atomic mass is 16.2.